The summed E-state index contributed by atoms with van der Waals surface area (Å²) in [6.07, 6.45) is 3.01. The van der Waals surface area contributed by atoms with Crippen LogP contribution in [0.5, 0.6) is 0 Å². The molecule has 0 aliphatic carbocycles. The van der Waals surface area contributed by atoms with Crippen molar-refractivity contribution in [2.24, 2.45) is 7.05 Å². The van der Waals surface area contributed by atoms with Gasteiger partial charge >= 0.3 is 5.69 Å². The van der Waals surface area contributed by atoms with E-state index in [-0.39, 0.29) is 11.2 Å². The summed E-state index contributed by atoms with van der Waals surface area (Å²) in [5, 5.41) is 3.91. The van der Waals surface area contributed by atoms with E-state index in [0.717, 1.165) is 56.0 Å². The lowest BCUT2D eigenvalue weighted by Gasteiger charge is -2.35. The summed E-state index contributed by atoms with van der Waals surface area (Å²) in [4.78, 5) is 32.3. The standard InChI is InChI=1S/C17H23BN6O2/c1-21-16(25)13-19-24(17(21)26)8-3-2-7-22-9-11-23(12-10-22)15-6-4-5-14(18)20-15/h4-6,13H,2-3,7-12H2,1H3. The Morgan fingerprint density at radius 1 is 1.08 bits per heavy atom. The van der Waals surface area contributed by atoms with Gasteiger partial charge in [-0.3, -0.25) is 14.3 Å². The first-order valence-electron chi connectivity index (χ1n) is 8.87. The van der Waals surface area contributed by atoms with E-state index >= 15 is 0 Å². The highest BCUT2D eigenvalue weighted by atomic mass is 16.2. The van der Waals surface area contributed by atoms with Crippen molar-refractivity contribution in [3.05, 3.63) is 45.2 Å². The van der Waals surface area contributed by atoms with E-state index in [0.29, 0.717) is 12.1 Å². The van der Waals surface area contributed by atoms with Gasteiger partial charge in [-0.15, -0.1) is 0 Å². The summed E-state index contributed by atoms with van der Waals surface area (Å²) in [6.45, 7) is 5.33. The molecule has 136 valence electrons. The zero-order valence-electron chi connectivity index (χ0n) is 15.0. The summed E-state index contributed by atoms with van der Waals surface area (Å²) in [6, 6.07) is 5.72. The van der Waals surface area contributed by atoms with Crippen LogP contribution in [0.2, 0.25) is 0 Å². The third-order valence-electron chi connectivity index (χ3n) is 4.69. The Bertz CT molecular complexity index is 857. The van der Waals surface area contributed by atoms with E-state index < -0.39 is 0 Å². The third-order valence-corrected chi connectivity index (χ3v) is 4.69. The van der Waals surface area contributed by atoms with E-state index in [2.05, 4.69) is 19.9 Å². The molecular weight excluding hydrogens is 331 g/mol. The third kappa shape index (κ3) is 4.40. The molecule has 0 unspecified atom stereocenters. The quantitative estimate of drug-likeness (QED) is 0.476. The van der Waals surface area contributed by atoms with Gasteiger partial charge in [0.05, 0.1) is 0 Å². The summed E-state index contributed by atoms with van der Waals surface area (Å²) in [5.74, 6) is 0.935. The molecule has 1 aliphatic rings. The number of anilines is 1. The van der Waals surface area contributed by atoms with Crippen LogP contribution in [0.25, 0.3) is 0 Å². The van der Waals surface area contributed by atoms with Crippen molar-refractivity contribution in [2.75, 3.05) is 37.6 Å². The Kier molecular flexibility index (Phi) is 5.87. The molecule has 2 aromatic heterocycles. The molecule has 3 heterocycles. The minimum absolute atomic E-state index is 0.360. The maximum Gasteiger partial charge on any atom is 0.347 e. The minimum atomic E-state index is -0.376. The molecule has 1 saturated heterocycles. The van der Waals surface area contributed by atoms with Gasteiger partial charge < -0.3 is 4.90 Å². The van der Waals surface area contributed by atoms with Gasteiger partial charge in [0, 0.05) is 39.8 Å². The zero-order valence-corrected chi connectivity index (χ0v) is 15.0. The number of hydrogen-bond donors (Lipinski definition) is 0. The second-order valence-corrected chi connectivity index (χ2v) is 6.50. The number of piperazine rings is 1. The van der Waals surface area contributed by atoms with Crippen molar-refractivity contribution in [3.63, 3.8) is 0 Å². The molecule has 1 fully saturated rings. The van der Waals surface area contributed by atoms with Gasteiger partial charge in [0.15, 0.2) is 0 Å². The molecule has 0 aromatic carbocycles. The topological polar surface area (TPSA) is 76.3 Å². The van der Waals surface area contributed by atoms with Crippen LogP contribution >= 0.6 is 0 Å². The van der Waals surface area contributed by atoms with Crippen molar-refractivity contribution in [1.82, 2.24) is 24.2 Å². The number of unbranched alkanes of at least 4 members (excludes halogenated alkanes) is 1. The lowest BCUT2D eigenvalue weighted by molar-refractivity contribution is 0.250. The van der Waals surface area contributed by atoms with Gasteiger partial charge in [-0.2, -0.15) is 5.10 Å². The molecule has 2 radical (unpaired) electrons. The van der Waals surface area contributed by atoms with Crippen LogP contribution in [0, 0.1) is 0 Å². The molecule has 0 bridgehead atoms. The summed E-state index contributed by atoms with van der Waals surface area (Å²) >= 11 is 0. The number of aromatic nitrogens is 4. The van der Waals surface area contributed by atoms with Crippen molar-refractivity contribution in [1.29, 1.82) is 0 Å². The SMILES string of the molecule is [B]c1cccc(N2CCN(CCCCn3ncc(=O)n(C)c3=O)CC2)n1. The first-order chi connectivity index (χ1) is 12.5. The molecule has 0 spiro atoms. The fraction of sp³-hybridized carbons (Fsp3) is 0.529. The lowest BCUT2D eigenvalue weighted by atomic mass is 10.0. The average Bonchev–Trinajstić information content (AvgIpc) is 2.65. The van der Waals surface area contributed by atoms with Gasteiger partial charge in [-0.1, -0.05) is 12.1 Å². The van der Waals surface area contributed by atoms with Crippen molar-refractivity contribution in [3.8, 4) is 0 Å². The fourth-order valence-electron chi connectivity index (χ4n) is 3.09. The number of pyridine rings is 1. The highest BCUT2D eigenvalue weighted by molar-refractivity contribution is 6.30. The van der Waals surface area contributed by atoms with Gasteiger partial charge in [-0.25, -0.2) is 14.5 Å². The Labute approximate surface area is 153 Å². The predicted molar refractivity (Wildman–Crippen MR) is 101 cm³/mol. The van der Waals surface area contributed by atoms with Gasteiger partial charge in [-0.05, 0) is 31.0 Å². The van der Waals surface area contributed by atoms with Gasteiger partial charge in [0.1, 0.15) is 19.9 Å². The molecule has 2 aromatic rings. The lowest BCUT2D eigenvalue weighted by Crippen LogP contribution is -2.47. The van der Waals surface area contributed by atoms with E-state index in [9.17, 15) is 9.59 Å². The molecular formula is C17H23BN6O2. The Morgan fingerprint density at radius 3 is 2.54 bits per heavy atom. The maximum absolute atomic E-state index is 11.9. The van der Waals surface area contributed by atoms with Crippen LogP contribution in [0.3, 0.4) is 0 Å². The van der Waals surface area contributed by atoms with E-state index in [1.54, 1.807) is 6.07 Å². The molecule has 9 heteroatoms. The maximum atomic E-state index is 11.9. The smallest absolute Gasteiger partial charge is 0.347 e. The average molecular weight is 354 g/mol. The molecule has 3 rings (SSSR count). The molecule has 0 saturated carbocycles. The number of nitrogens with zero attached hydrogens (tertiary/aromatic N) is 6. The predicted octanol–water partition coefficient (Wildman–Crippen LogP) is -1.27. The summed E-state index contributed by atoms with van der Waals surface area (Å²) in [7, 11) is 7.22. The van der Waals surface area contributed by atoms with E-state index in [4.69, 9.17) is 7.85 Å². The molecule has 0 atom stereocenters. The number of rotatable bonds is 6. The Hall–Kier alpha value is -2.42. The first-order valence-corrected chi connectivity index (χ1v) is 8.87. The largest absolute Gasteiger partial charge is 0.354 e. The van der Waals surface area contributed by atoms with Crippen molar-refractivity contribution >= 4 is 19.3 Å². The van der Waals surface area contributed by atoms with Crippen LogP contribution in [-0.4, -0.2) is 64.8 Å². The molecule has 1 aliphatic heterocycles. The van der Waals surface area contributed by atoms with Crippen molar-refractivity contribution < 1.29 is 0 Å². The van der Waals surface area contributed by atoms with Crippen LogP contribution in [0.1, 0.15) is 12.8 Å². The van der Waals surface area contributed by atoms with Crippen molar-refractivity contribution in [2.45, 2.75) is 19.4 Å². The number of aryl methyl sites for hydroxylation is 1. The second kappa shape index (κ2) is 8.31. The van der Waals surface area contributed by atoms with Gasteiger partial charge in [0.25, 0.3) is 5.56 Å². The normalized spacial score (nSPS) is 15.3. The summed E-state index contributed by atoms with van der Waals surface area (Å²) in [5.41, 5.74) is -0.188. The van der Waals surface area contributed by atoms with E-state index in [1.807, 2.05) is 12.1 Å². The summed E-state index contributed by atoms with van der Waals surface area (Å²) < 4.78 is 2.43. The minimum Gasteiger partial charge on any atom is -0.354 e. The fourth-order valence-corrected chi connectivity index (χ4v) is 3.09. The second-order valence-electron chi connectivity index (χ2n) is 6.50. The Balaban J connectivity index is 1.41. The Morgan fingerprint density at radius 2 is 1.81 bits per heavy atom. The first kappa shape index (κ1) is 18.4. The van der Waals surface area contributed by atoms with E-state index in [1.165, 1.54) is 17.9 Å². The number of hydrogen-bond acceptors (Lipinski definition) is 6. The molecule has 8 nitrogen and oxygen atoms in total. The highest BCUT2D eigenvalue weighted by Crippen LogP contribution is 2.12. The molecule has 26 heavy (non-hydrogen) atoms. The van der Waals surface area contributed by atoms with Crippen LogP contribution in [-0.2, 0) is 13.6 Å². The monoisotopic (exact) mass is 354 g/mol. The zero-order chi connectivity index (χ0) is 18.5. The molecule has 0 N–H and O–H groups in total. The van der Waals surface area contributed by atoms with Crippen LogP contribution in [0.15, 0.2) is 34.0 Å². The van der Waals surface area contributed by atoms with Gasteiger partial charge in [0.2, 0.25) is 0 Å². The van der Waals surface area contributed by atoms with Crippen LogP contribution < -0.4 is 21.7 Å². The van der Waals surface area contributed by atoms with Crippen LogP contribution in [0.4, 0.5) is 5.82 Å². The highest BCUT2D eigenvalue weighted by Gasteiger charge is 2.17. The molecule has 0 amide bonds.